The van der Waals surface area contributed by atoms with Gasteiger partial charge in [-0.3, -0.25) is 9.48 Å². The molecular weight excluding hydrogens is 503 g/mol. The number of hydrogen-bond donors (Lipinski definition) is 1. The number of nitrogens with zero attached hydrogens (tertiary/aromatic N) is 4. The Morgan fingerprint density at radius 2 is 1.82 bits per heavy atom. The highest BCUT2D eigenvalue weighted by molar-refractivity contribution is 5.75. The van der Waals surface area contributed by atoms with Gasteiger partial charge in [0.25, 0.3) is 0 Å². The summed E-state index contributed by atoms with van der Waals surface area (Å²) in [7, 11) is 0. The van der Waals surface area contributed by atoms with Crippen LogP contribution in [0.4, 0.5) is 4.39 Å². The van der Waals surface area contributed by atoms with Crippen LogP contribution >= 0.6 is 0 Å². The zero-order chi connectivity index (χ0) is 27.7. The largest absolute Gasteiger partial charge is 0.481 e. The summed E-state index contributed by atoms with van der Waals surface area (Å²) in [5, 5.41) is 15.2. The van der Waals surface area contributed by atoms with Crippen molar-refractivity contribution in [2.75, 3.05) is 39.3 Å². The SMILES string of the molecule is CCn1nc2c(c1C1CCN(CC3CN(CC4(C(=O)O)CCCCC4)CC3c3cccc(F)c3)CC1)CCCC2. The van der Waals surface area contributed by atoms with Crippen molar-refractivity contribution in [3.05, 3.63) is 52.6 Å². The van der Waals surface area contributed by atoms with Crippen LogP contribution in [0.2, 0.25) is 0 Å². The summed E-state index contributed by atoms with van der Waals surface area (Å²) in [5.41, 5.74) is 4.87. The number of piperidine rings is 1. The van der Waals surface area contributed by atoms with E-state index >= 15 is 0 Å². The fourth-order valence-corrected chi connectivity index (χ4v) is 8.54. The molecule has 3 fully saturated rings. The molecule has 2 atom stereocenters. The number of halogens is 1. The van der Waals surface area contributed by atoms with Crippen molar-refractivity contribution < 1.29 is 14.3 Å². The number of aromatic nitrogens is 2. The molecule has 1 saturated carbocycles. The van der Waals surface area contributed by atoms with Gasteiger partial charge in [-0.15, -0.1) is 0 Å². The average molecular weight is 551 g/mol. The van der Waals surface area contributed by atoms with Gasteiger partial charge in [-0.25, -0.2) is 4.39 Å². The Morgan fingerprint density at radius 3 is 2.55 bits per heavy atom. The Kier molecular flexibility index (Phi) is 8.32. The monoisotopic (exact) mass is 550 g/mol. The van der Waals surface area contributed by atoms with E-state index in [1.54, 1.807) is 11.6 Å². The lowest BCUT2D eigenvalue weighted by Gasteiger charge is -2.37. The predicted molar refractivity (Wildman–Crippen MR) is 155 cm³/mol. The standard InChI is InChI=1S/C33H47FN4O2/c1-2-38-31(28-11-4-5-12-30(28)35-38)24-13-17-36(18-14-24)20-26-21-37(22-29(26)25-9-8-10-27(34)19-25)23-33(32(39)40)15-6-3-7-16-33/h8-10,19,24,26,29H,2-7,11-18,20-23H2,1H3,(H,39,40). The predicted octanol–water partition coefficient (Wildman–Crippen LogP) is 5.85. The van der Waals surface area contributed by atoms with Crippen molar-refractivity contribution in [1.82, 2.24) is 19.6 Å². The summed E-state index contributed by atoms with van der Waals surface area (Å²) in [6.45, 7) is 8.67. The van der Waals surface area contributed by atoms with E-state index in [1.165, 1.54) is 49.6 Å². The van der Waals surface area contributed by atoms with Crippen molar-refractivity contribution in [2.45, 2.75) is 95.9 Å². The first kappa shape index (κ1) is 27.9. The number of fused-ring (bicyclic) bond motifs is 1. The van der Waals surface area contributed by atoms with E-state index in [-0.39, 0.29) is 11.7 Å². The molecule has 1 aromatic carbocycles. The average Bonchev–Trinajstić information content (AvgIpc) is 3.54. The Labute approximate surface area is 238 Å². The van der Waals surface area contributed by atoms with Crippen LogP contribution in [0.3, 0.4) is 0 Å². The van der Waals surface area contributed by atoms with Gasteiger partial charge >= 0.3 is 5.97 Å². The first-order valence-electron chi connectivity index (χ1n) is 16.0. The third kappa shape index (κ3) is 5.61. The van der Waals surface area contributed by atoms with Crippen LogP contribution < -0.4 is 0 Å². The molecule has 40 heavy (non-hydrogen) atoms. The Balaban J connectivity index is 1.15. The lowest BCUT2D eigenvalue weighted by atomic mass is 9.73. The van der Waals surface area contributed by atoms with E-state index in [9.17, 15) is 14.3 Å². The van der Waals surface area contributed by atoms with Crippen molar-refractivity contribution >= 4 is 5.97 Å². The van der Waals surface area contributed by atoms with E-state index in [0.717, 1.165) is 83.4 Å². The van der Waals surface area contributed by atoms with Crippen LogP contribution in [0.1, 0.15) is 99.1 Å². The number of hydrogen-bond acceptors (Lipinski definition) is 4. The van der Waals surface area contributed by atoms with Crippen molar-refractivity contribution in [3.63, 3.8) is 0 Å². The van der Waals surface area contributed by atoms with E-state index < -0.39 is 11.4 Å². The molecule has 218 valence electrons. The second-order valence-corrected chi connectivity index (χ2v) is 13.2. The number of aryl methyl sites for hydroxylation is 2. The minimum atomic E-state index is -0.631. The summed E-state index contributed by atoms with van der Waals surface area (Å²) in [6, 6.07) is 7.12. The van der Waals surface area contributed by atoms with Gasteiger partial charge in [-0.1, -0.05) is 31.4 Å². The van der Waals surface area contributed by atoms with Crippen LogP contribution in [0, 0.1) is 17.2 Å². The molecule has 0 spiro atoms. The van der Waals surface area contributed by atoms with Crippen LogP contribution in [0.5, 0.6) is 0 Å². The van der Waals surface area contributed by atoms with Gasteiger partial charge in [0.1, 0.15) is 5.82 Å². The maximum absolute atomic E-state index is 14.3. The highest BCUT2D eigenvalue weighted by Gasteiger charge is 2.44. The first-order valence-corrected chi connectivity index (χ1v) is 16.0. The molecule has 0 radical (unpaired) electrons. The summed E-state index contributed by atoms with van der Waals surface area (Å²) in [6.07, 6.45) is 11.9. The molecular formula is C33H47FN4O2. The van der Waals surface area contributed by atoms with E-state index in [0.29, 0.717) is 18.4 Å². The molecule has 0 amide bonds. The Hall–Kier alpha value is -2.25. The molecule has 4 aliphatic rings. The molecule has 2 unspecified atom stereocenters. The summed E-state index contributed by atoms with van der Waals surface area (Å²) < 4.78 is 16.6. The maximum Gasteiger partial charge on any atom is 0.310 e. The van der Waals surface area contributed by atoms with E-state index in [4.69, 9.17) is 5.10 Å². The number of likely N-dealkylation sites (tertiary alicyclic amines) is 2. The normalized spacial score (nSPS) is 26.1. The minimum absolute atomic E-state index is 0.180. The Morgan fingerprint density at radius 1 is 1.05 bits per heavy atom. The minimum Gasteiger partial charge on any atom is -0.481 e. The molecule has 6 rings (SSSR count). The number of rotatable bonds is 8. The number of carbonyl (C=O) groups is 1. The molecule has 6 nitrogen and oxygen atoms in total. The molecule has 0 bridgehead atoms. The molecule has 1 aromatic heterocycles. The van der Waals surface area contributed by atoms with Crippen LogP contribution in [0.15, 0.2) is 24.3 Å². The van der Waals surface area contributed by atoms with Crippen molar-refractivity contribution in [2.24, 2.45) is 11.3 Å². The van der Waals surface area contributed by atoms with Crippen LogP contribution in [-0.4, -0.2) is 69.9 Å². The third-order valence-corrected chi connectivity index (χ3v) is 10.6. The Bertz CT molecular complexity index is 1180. The molecule has 2 saturated heterocycles. The van der Waals surface area contributed by atoms with Gasteiger partial charge in [-0.2, -0.15) is 5.10 Å². The smallest absolute Gasteiger partial charge is 0.310 e. The quantitative estimate of drug-likeness (QED) is 0.447. The lowest BCUT2D eigenvalue weighted by molar-refractivity contribution is -0.152. The van der Waals surface area contributed by atoms with Gasteiger partial charge in [0.2, 0.25) is 0 Å². The van der Waals surface area contributed by atoms with Crippen LogP contribution in [0.25, 0.3) is 0 Å². The maximum atomic E-state index is 14.3. The first-order chi connectivity index (χ1) is 19.5. The van der Waals surface area contributed by atoms with E-state index in [1.807, 2.05) is 6.07 Å². The zero-order valence-corrected chi connectivity index (χ0v) is 24.3. The summed E-state index contributed by atoms with van der Waals surface area (Å²) in [5.74, 6) is 0.388. The van der Waals surface area contributed by atoms with Gasteiger partial charge in [-0.05, 0) is 101 Å². The van der Waals surface area contributed by atoms with Crippen LogP contribution in [-0.2, 0) is 24.2 Å². The summed E-state index contributed by atoms with van der Waals surface area (Å²) in [4.78, 5) is 17.5. The fourth-order valence-electron chi connectivity index (χ4n) is 8.54. The van der Waals surface area contributed by atoms with Gasteiger partial charge in [0.15, 0.2) is 0 Å². The highest BCUT2D eigenvalue weighted by Crippen LogP contribution is 2.42. The lowest BCUT2D eigenvalue weighted by Crippen LogP contribution is -2.44. The fraction of sp³-hybridized carbons (Fsp3) is 0.697. The third-order valence-electron chi connectivity index (χ3n) is 10.6. The molecule has 1 N–H and O–H groups in total. The number of carboxylic acids is 1. The number of benzene rings is 1. The topological polar surface area (TPSA) is 61.6 Å². The summed E-state index contributed by atoms with van der Waals surface area (Å²) >= 11 is 0. The van der Waals surface area contributed by atoms with Gasteiger partial charge in [0, 0.05) is 50.3 Å². The number of carboxylic acid groups (broad SMARTS) is 1. The molecule has 7 heteroatoms. The molecule has 2 aromatic rings. The molecule has 2 aliphatic heterocycles. The van der Waals surface area contributed by atoms with Crippen molar-refractivity contribution in [1.29, 1.82) is 0 Å². The molecule has 2 aliphatic carbocycles. The van der Waals surface area contributed by atoms with Crippen molar-refractivity contribution in [3.8, 4) is 0 Å². The van der Waals surface area contributed by atoms with E-state index in [2.05, 4.69) is 27.5 Å². The van der Waals surface area contributed by atoms with Gasteiger partial charge in [0.05, 0.1) is 11.1 Å². The number of aliphatic carboxylic acids is 1. The highest BCUT2D eigenvalue weighted by atomic mass is 19.1. The second kappa shape index (κ2) is 11.9. The zero-order valence-electron chi connectivity index (χ0n) is 24.3. The molecule has 3 heterocycles. The second-order valence-electron chi connectivity index (χ2n) is 13.2. The van der Waals surface area contributed by atoms with Gasteiger partial charge < -0.3 is 14.9 Å².